The number of hydrogen-bond donors (Lipinski definition) is 1. The lowest BCUT2D eigenvalue weighted by Gasteiger charge is -2.38. The van der Waals surface area contributed by atoms with Gasteiger partial charge in [-0.2, -0.15) is 0 Å². The highest BCUT2D eigenvalue weighted by Crippen LogP contribution is 2.30. The van der Waals surface area contributed by atoms with E-state index in [-0.39, 0.29) is 0 Å². The molecule has 1 atom stereocenters. The highest BCUT2D eigenvalue weighted by atomic mass is 32.2. The van der Waals surface area contributed by atoms with Crippen LogP contribution in [0.3, 0.4) is 0 Å². The molecule has 3 rings (SSSR count). The van der Waals surface area contributed by atoms with Crippen LogP contribution in [-0.4, -0.2) is 48.3 Å². The minimum Gasteiger partial charge on any atom is -0.329 e. The van der Waals surface area contributed by atoms with Crippen molar-refractivity contribution < 1.29 is 8.42 Å². The molecule has 1 aromatic heterocycles. The molecule has 6 nitrogen and oxygen atoms in total. The zero-order valence-corrected chi connectivity index (χ0v) is 13.3. The summed E-state index contributed by atoms with van der Waals surface area (Å²) in [7, 11) is -3.11. The van der Waals surface area contributed by atoms with Crippen LogP contribution in [0.2, 0.25) is 0 Å². The molecule has 1 saturated carbocycles. The molecule has 0 aromatic carbocycles. The van der Waals surface area contributed by atoms with Crippen molar-refractivity contribution in [2.24, 2.45) is 0 Å². The van der Waals surface area contributed by atoms with Crippen molar-refractivity contribution in [1.82, 2.24) is 19.2 Å². The van der Waals surface area contributed by atoms with Crippen molar-refractivity contribution in [3.8, 4) is 0 Å². The molecule has 0 amide bonds. The minimum absolute atomic E-state index is 0.311. The van der Waals surface area contributed by atoms with E-state index in [4.69, 9.17) is 0 Å². The number of fused-ring (bicyclic) bond motifs is 1. The zero-order valence-electron chi connectivity index (χ0n) is 12.5. The van der Waals surface area contributed by atoms with Gasteiger partial charge in [0.2, 0.25) is 10.0 Å². The molecule has 1 fully saturated rings. The van der Waals surface area contributed by atoms with Gasteiger partial charge in [-0.3, -0.25) is 4.90 Å². The SMILES string of the molecule is CS(=O)(=O)NCCC1CN(C2CCCC2)Cc2cncn21. The quantitative estimate of drug-likeness (QED) is 0.885. The number of nitrogens with zero attached hydrogens (tertiary/aromatic N) is 3. The van der Waals surface area contributed by atoms with Gasteiger partial charge in [0.1, 0.15) is 0 Å². The topological polar surface area (TPSA) is 67.2 Å². The summed E-state index contributed by atoms with van der Waals surface area (Å²) in [5, 5.41) is 0. The molecule has 0 saturated heterocycles. The summed E-state index contributed by atoms with van der Waals surface area (Å²) < 4.78 is 27.2. The second-order valence-electron chi connectivity index (χ2n) is 6.27. The van der Waals surface area contributed by atoms with Gasteiger partial charge in [-0.25, -0.2) is 18.1 Å². The summed E-state index contributed by atoms with van der Waals surface area (Å²) >= 11 is 0. The van der Waals surface area contributed by atoms with E-state index in [1.165, 1.54) is 37.6 Å². The van der Waals surface area contributed by atoms with E-state index in [1.807, 2.05) is 12.5 Å². The average Bonchev–Trinajstić information content (AvgIpc) is 3.08. The maximum Gasteiger partial charge on any atom is 0.208 e. The Morgan fingerprint density at radius 2 is 2.14 bits per heavy atom. The van der Waals surface area contributed by atoms with Crippen molar-refractivity contribution in [1.29, 1.82) is 0 Å². The fraction of sp³-hybridized carbons (Fsp3) is 0.786. The third-order valence-electron chi connectivity index (χ3n) is 4.63. The monoisotopic (exact) mass is 312 g/mol. The Bertz CT molecular complexity index is 578. The third kappa shape index (κ3) is 3.64. The molecule has 2 heterocycles. The summed E-state index contributed by atoms with van der Waals surface area (Å²) in [6.45, 7) is 2.46. The molecular weight excluding hydrogens is 288 g/mol. The lowest BCUT2D eigenvalue weighted by molar-refractivity contribution is 0.128. The predicted octanol–water partition coefficient (Wildman–Crippen LogP) is 1.12. The van der Waals surface area contributed by atoms with Gasteiger partial charge < -0.3 is 4.57 Å². The molecule has 1 aliphatic heterocycles. The Labute approximate surface area is 126 Å². The fourth-order valence-electron chi connectivity index (χ4n) is 3.60. The first-order chi connectivity index (χ1) is 10.0. The number of sulfonamides is 1. The Kier molecular flexibility index (Phi) is 4.33. The van der Waals surface area contributed by atoms with E-state index in [1.54, 1.807) is 0 Å². The van der Waals surface area contributed by atoms with E-state index >= 15 is 0 Å². The summed E-state index contributed by atoms with van der Waals surface area (Å²) in [5.41, 5.74) is 1.25. The maximum atomic E-state index is 11.2. The Hall–Kier alpha value is -0.920. The van der Waals surface area contributed by atoms with Gasteiger partial charge >= 0.3 is 0 Å². The van der Waals surface area contributed by atoms with Gasteiger partial charge in [0.25, 0.3) is 0 Å². The number of imidazole rings is 1. The van der Waals surface area contributed by atoms with Crippen LogP contribution in [0.25, 0.3) is 0 Å². The number of aromatic nitrogens is 2. The molecule has 0 bridgehead atoms. The van der Waals surface area contributed by atoms with E-state index in [0.29, 0.717) is 18.6 Å². The lowest BCUT2D eigenvalue weighted by Crippen LogP contribution is -2.43. The molecule has 1 aliphatic carbocycles. The van der Waals surface area contributed by atoms with Gasteiger partial charge in [0.15, 0.2) is 0 Å². The van der Waals surface area contributed by atoms with Crippen molar-refractivity contribution in [2.45, 2.75) is 50.7 Å². The van der Waals surface area contributed by atoms with Gasteiger partial charge in [-0.1, -0.05) is 12.8 Å². The Balaban J connectivity index is 1.67. The van der Waals surface area contributed by atoms with Crippen molar-refractivity contribution in [3.05, 3.63) is 18.2 Å². The van der Waals surface area contributed by atoms with Gasteiger partial charge in [0.05, 0.1) is 18.3 Å². The molecule has 0 spiro atoms. The molecule has 1 N–H and O–H groups in total. The highest BCUT2D eigenvalue weighted by molar-refractivity contribution is 7.88. The highest BCUT2D eigenvalue weighted by Gasteiger charge is 2.30. The molecule has 21 heavy (non-hydrogen) atoms. The van der Waals surface area contributed by atoms with Crippen molar-refractivity contribution in [3.63, 3.8) is 0 Å². The van der Waals surface area contributed by atoms with Crippen molar-refractivity contribution >= 4 is 10.0 Å². The number of rotatable bonds is 5. The molecule has 1 aromatic rings. The average molecular weight is 312 g/mol. The molecule has 7 heteroatoms. The van der Waals surface area contributed by atoms with Crippen LogP contribution in [0.1, 0.15) is 43.8 Å². The number of hydrogen-bond acceptors (Lipinski definition) is 4. The Morgan fingerprint density at radius 1 is 1.38 bits per heavy atom. The molecule has 1 unspecified atom stereocenters. The third-order valence-corrected chi connectivity index (χ3v) is 5.36. The first-order valence-electron chi connectivity index (χ1n) is 7.72. The summed E-state index contributed by atoms with van der Waals surface area (Å²) in [6, 6.07) is 1.00. The lowest BCUT2D eigenvalue weighted by atomic mass is 10.1. The van der Waals surface area contributed by atoms with E-state index < -0.39 is 10.0 Å². The van der Waals surface area contributed by atoms with E-state index in [9.17, 15) is 8.42 Å². The first-order valence-corrected chi connectivity index (χ1v) is 9.61. The molecule has 0 radical (unpaired) electrons. The fourth-order valence-corrected chi connectivity index (χ4v) is 4.09. The zero-order chi connectivity index (χ0) is 14.9. The van der Waals surface area contributed by atoms with Gasteiger partial charge in [-0.05, 0) is 19.3 Å². The largest absolute Gasteiger partial charge is 0.329 e. The Morgan fingerprint density at radius 3 is 2.86 bits per heavy atom. The summed E-state index contributed by atoms with van der Waals surface area (Å²) in [4.78, 5) is 6.83. The van der Waals surface area contributed by atoms with Gasteiger partial charge in [-0.15, -0.1) is 0 Å². The second kappa shape index (κ2) is 6.06. The van der Waals surface area contributed by atoms with Crippen LogP contribution in [0.5, 0.6) is 0 Å². The van der Waals surface area contributed by atoms with Crippen LogP contribution < -0.4 is 4.72 Å². The van der Waals surface area contributed by atoms with E-state index in [0.717, 1.165) is 19.5 Å². The van der Waals surface area contributed by atoms with Crippen LogP contribution >= 0.6 is 0 Å². The van der Waals surface area contributed by atoms with Crippen molar-refractivity contribution in [2.75, 3.05) is 19.3 Å². The normalized spacial score (nSPS) is 24.3. The summed E-state index contributed by atoms with van der Waals surface area (Å²) in [5.74, 6) is 0. The van der Waals surface area contributed by atoms with Crippen LogP contribution in [0.15, 0.2) is 12.5 Å². The van der Waals surface area contributed by atoms with Crippen LogP contribution in [0, 0.1) is 0 Å². The van der Waals surface area contributed by atoms with Gasteiger partial charge in [0, 0.05) is 37.9 Å². The molecule has 2 aliphatic rings. The standard InChI is InChI=1S/C14H24N4O2S/c1-21(19,20)16-7-6-13-9-17(12-4-2-3-5-12)10-14-8-15-11-18(13)14/h8,11-13,16H,2-7,9-10H2,1H3. The van der Waals surface area contributed by atoms with Crippen LogP contribution in [0.4, 0.5) is 0 Å². The first kappa shape index (κ1) is 15.0. The predicted molar refractivity (Wildman–Crippen MR) is 81.4 cm³/mol. The molecule has 118 valence electrons. The van der Waals surface area contributed by atoms with E-state index in [2.05, 4.69) is 19.2 Å². The number of nitrogens with one attached hydrogen (secondary N) is 1. The minimum atomic E-state index is -3.11. The van der Waals surface area contributed by atoms with Crippen LogP contribution in [-0.2, 0) is 16.6 Å². The summed E-state index contributed by atoms with van der Waals surface area (Å²) in [6.07, 6.45) is 11.1. The molecular formula is C14H24N4O2S. The smallest absolute Gasteiger partial charge is 0.208 e. The second-order valence-corrected chi connectivity index (χ2v) is 8.10. The maximum absolute atomic E-state index is 11.2.